The van der Waals surface area contributed by atoms with Crippen molar-refractivity contribution >= 4 is 38.3 Å². The van der Waals surface area contributed by atoms with Gasteiger partial charge in [0.05, 0.1) is 22.5 Å². The number of carbonyl (C=O) groups is 1. The highest BCUT2D eigenvalue weighted by molar-refractivity contribution is 7.89. The van der Waals surface area contributed by atoms with Crippen LogP contribution in [0.1, 0.15) is 28.0 Å². The van der Waals surface area contributed by atoms with Gasteiger partial charge >= 0.3 is 0 Å². The molecule has 0 aliphatic carbocycles. The van der Waals surface area contributed by atoms with E-state index in [1.54, 1.807) is 24.1 Å². The highest BCUT2D eigenvalue weighted by atomic mass is 32.2. The first kappa shape index (κ1) is 22.2. The number of sulfonamides is 1. The number of carbonyl (C=O) groups excluding carboxylic acids is 1. The lowest BCUT2D eigenvalue weighted by Crippen LogP contribution is -2.28. The van der Waals surface area contributed by atoms with Gasteiger partial charge in [-0.25, -0.2) is 18.1 Å². The molecule has 0 fully saturated rings. The maximum Gasteiger partial charge on any atom is 0.254 e. The fourth-order valence-corrected chi connectivity index (χ4v) is 5.29. The van der Waals surface area contributed by atoms with Crippen molar-refractivity contribution in [3.8, 4) is 0 Å². The SMILES string of the molecule is CCn1c(CN(C)C(=O)c2ccc(S(=O)(=O)NCc3cccs3)cc2)nc2ccccc21. The fraction of sp³-hybridized carbons (Fsp3) is 0.217. The third kappa shape index (κ3) is 4.59. The first-order valence-corrected chi connectivity index (χ1v) is 12.6. The number of imidazole rings is 1. The second-order valence-corrected chi connectivity index (χ2v) is 10.1. The number of hydrogen-bond acceptors (Lipinski definition) is 5. The van der Waals surface area contributed by atoms with E-state index < -0.39 is 10.0 Å². The van der Waals surface area contributed by atoms with Crippen molar-refractivity contribution in [3.05, 3.63) is 82.3 Å². The van der Waals surface area contributed by atoms with Crippen LogP contribution in [-0.4, -0.2) is 35.8 Å². The molecule has 1 N–H and O–H groups in total. The molecule has 0 saturated carbocycles. The predicted octanol–water partition coefficient (Wildman–Crippen LogP) is 3.87. The highest BCUT2D eigenvalue weighted by Gasteiger charge is 2.19. The number of nitrogens with zero attached hydrogens (tertiary/aromatic N) is 3. The van der Waals surface area contributed by atoms with E-state index in [2.05, 4.69) is 14.3 Å². The van der Waals surface area contributed by atoms with Gasteiger partial charge in [0, 0.05) is 30.6 Å². The van der Waals surface area contributed by atoms with Gasteiger partial charge < -0.3 is 9.47 Å². The van der Waals surface area contributed by atoms with Crippen LogP contribution in [0.25, 0.3) is 11.0 Å². The number of rotatable bonds is 8. The molecule has 7 nitrogen and oxygen atoms in total. The van der Waals surface area contributed by atoms with Crippen LogP contribution in [0, 0.1) is 0 Å². The van der Waals surface area contributed by atoms with E-state index in [9.17, 15) is 13.2 Å². The van der Waals surface area contributed by atoms with Crippen LogP contribution >= 0.6 is 11.3 Å². The van der Waals surface area contributed by atoms with Gasteiger partial charge in [-0.15, -0.1) is 11.3 Å². The summed E-state index contributed by atoms with van der Waals surface area (Å²) in [7, 11) is -1.94. The molecular formula is C23H24N4O3S2. The lowest BCUT2D eigenvalue weighted by Gasteiger charge is -2.18. The summed E-state index contributed by atoms with van der Waals surface area (Å²) in [6.07, 6.45) is 0. The molecule has 4 rings (SSSR count). The Morgan fingerprint density at radius 1 is 1.09 bits per heavy atom. The molecule has 2 aromatic carbocycles. The molecule has 2 heterocycles. The summed E-state index contributed by atoms with van der Waals surface area (Å²) in [5, 5.41) is 1.90. The minimum atomic E-state index is -3.65. The highest BCUT2D eigenvalue weighted by Crippen LogP contribution is 2.18. The summed E-state index contributed by atoms with van der Waals surface area (Å²) < 4.78 is 29.7. The van der Waals surface area contributed by atoms with Gasteiger partial charge in [-0.1, -0.05) is 18.2 Å². The maximum absolute atomic E-state index is 12.9. The number of nitrogens with one attached hydrogen (secondary N) is 1. The molecule has 166 valence electrons. The Hall–Kier alpha value is -3.01. The minimum Gasteiger partial charge on any atom is -0.334 e. The Morgan fingerprint density at radius 3 is 2.53 bits per heavy atom. The number of thiophene rings is 1. The van der Waals surface area contributed by atoms with Crippen LogP contribution in [-0.2, 0) is 29.7 Å². The molecule has 0 aliphatic heterocycles. The average Bonchev–Trinajstić information content (AvgIpc) is 3.44. The number of hydrogen-bond donors (Lipinski definition) is 1. The number of fused-ring (bicyclic) bond motifs is 1. The van der Waals surface area contributed by atoms with Crippen molar-refractivity contribution in [2.75, 3.05) is 7.05 Å². The number of aryl methyl sites for hydroxylation is 1. The molecule has 2 aromatic heterocycles. The van der Waals surface area contributed by atoms with Crippen molar-refractivity contribution < 1.29 is 13.2 Å². The smallest absolute Gasteiger partial charge is 0.254 e. The molecule has 0 bridgehead atoms. The lowest BCUT2D eigenvalue weighted by atomic mass is 10.2. The van der Waals surface area contributed by atoms with Crippen molar-refractivity contribution in [2.45, 2.75) is 31.5 Å². The number of amides is 1. The number of para-hydroxylation sites is 2. The zero-order chi connectivity index (χ0) is 22.7. The van der Waals surface area contributed by atoms with Crippen molar-refractivity contribution in [3.63, 3.8) is 0 Å². The van der Waals surface area contributed by atoms with Crippen molar-refractivity contribution in [1.82, 2.24) is 19.2 Å². The number of aromatic nitrogens is 2. The van der Waals surface area contributed by atoms with Crippen LogP contribution in [0.5, 0.6) is 0 Å². The summed E-state index contributed by atoms with van der Waals surface area (Å²) in [6.45, 7) is 3.39. The molecule has 0 unspecified atom stereocenters. The Kier molecular flexibility index (Phi) is 6.40. The van der Waals surface area contributed by atoms with Gasteiger partial charge in [0.15, 0.2) is 0 Å². The Labute approximate surface area is 191 Å². The van der Waals surface area contributed by atoms with Gasteiger partial charge in [-0.05, 0) is 54.8 Å². The van der Waals surface area contributed by atoms with Gasteiger partial charge in [-0.2, -0.15) is 0 Å². The molecule has 9 heteroatoms. The molecule has 32 heavy (non-hydrogen) atoms. The molecule has 1 amide bonds. The normalized spacial score (nSPS) is 11.7. The monoisotopic (exact) mass is 468 g/mol. The Morgan fingerprint density at radius 2 is 1.84 bits per heavy atom. The predicted molar refractivity (Wildman–Crippen MR) is 126 cm³/mol. The minimum absolute atomic E-state index is 0.126. The van der Waals surface area contributed by atoms with E-state index in [0.29, 0.717) is 12.1 Å². The quantitative estimate of drug-likeness (QED) is 0.425. The van der Waals surface area contributed by atoms with E-state index in [0.717, 1.165) is 28.3 Å². The first-order chi connectivity index (χ1) is 15.4. The van der Waals surface area contributed by atoms with E-state index in [4.69, 9.17) is 0 Å². The van der Waals surface area contributed by atoms with Crippen LogP contribution < -0.4 is 4.72 Å². The molecule has 4 aromatic rings. The topological polar surface area (TPSA) is 84.3 Å². The first-order valence-electron chi connectivity index (χ1n) is 10.2. The third-order valence-corrected chi connectivity index (χ3v) is 7.50. The van der Waals surface area contributed by atoms with E-state index in [1.807, 2.05) is 48.7 Å². The second-order valence-electron chi connectivity index (χ2n) is 7.35. The van der Waals surface area contributed by atoms with Crippen LogP contribution in [0.2, 0.25) is 0 Å². The summed E-state index contributed by atoms with van der Waals surface area (Å²) in [5.74, 6) is 0.608. The van der Waals surface area contributed by atoms with Crippen LogP contribution in [0.4, 0.5) is 0 Å². The van der Waals surface area contributed by atoms with Gasteiger partial charge in [-0.3, -0.25) is 4.79 Å². The number of benzene rings is 2. The molecular weight excluding hydrogens is 444 g/mol. The van der Waals surface area contributed by atoms with Crippen molar-refractivity contribution in [2.24, 2.45) is 0 Å². The van der Waals surface area contributed by atoms with E-state index >= 15 is 0 Å². The maximum atomic E-state index is 12.9. The van der Waals surface area contributed by atoms with Gasteiger partial charge in [0.2, 0.25) is 10.0 Å². The largest absolute Gasteiger partial charge is 0.334 e. The third-order valence-electron chi connectivity index (χ3n) is 5.20. The van der Waals surface area contributed by atoms with Crippen molar-refractivity contribution in [1.29, 1.82) is 0 Å². The lowest BCUT2D eigenvalue weighted by molar-refractivity contribution is 0.0780. The van der Waals surface area contributed by atoms with Gasteiger partial charge in [0.25, 0.3) is 5.91 Å². The Bertz CT molecular complexity index is 1330. The van der Waals surface area contributed by atoms with Crippen LogP contribution in [0.3, 0.4) is 0 Å². The summed E-state index contributed by atoms with van der Waals surface area (Å²) in [6, 6.07) is 17.6. The molecule has 0 atom stereocenters. The summed E-state index contributed by atoms with van der Waals surface area (Å²) >= 11 is 1.49. The molecule has 0 spiro atoms. The summed E-state index contributed by atoms with van der Waals surface area (Å²) in [4.78, 5) is 20.2. The van der Waals surface area contributed by atoms with E-state index in [-0.39, 0.29) is 17.3 Å². The zero-order valence-electron chi connectivity index (χ0n) is 17.9. The average molecular weight is 469 g/mol. The second kappa shape index (κ2) is 9.23. The standard InChI is InChI=1S/C23H24N4O3S2/c1-3-27-21-9-5-4-8-20(21)25-22(27)16-26(2)23(28)17-10-12-19(13-11-17)32(29,30)24-15-18-7-6-14-31-18/h4-14,24H,3,15-16H2,1-2H3. The van der Waals surface area contributed by atoms with E-state index in [1.165, 1.54) is 23.5 Å². The van der Waals surface area contributed by atoms with Crippen LogP contribution in [0.15, 0.2) is 70.9 Å². The molecule has 0 radical (unpaired) electrons. The molecule has 0 aliphatic rings. The summed E-state index contributed by atoms with van der Waals surface area (Å²) in [5.41, 5.74) is 2.36. The fourth-order valence-electron chi connectivity index (χ4n) is 3.54. The zero-order valence-corrected chi connectivity index (χ0v) is 19.5. The van der Waals surface area contributed by atoms with Gasteiger partial charge in [0.1, 0.15) is 5.82 Å². The molecule has 0 saturated heterocycles. The Balaban J connectivity index is 1.46.